The Kier molecular flexibility index (Phi) is 3.67. The Balaban J connectivity index is 2.17. The molecule has 96 valence electrons. The minimum atomic E-state index is 0.0558. The summed E-state index contributed by atoms with van der Waals surface area (Å²) >= 11 is 0. The van der Waals surface area contributed by atoms with Crippen LogP contribution in [0.3, 0.4) is 0 Å². The van der Waals surface area contributed by atoms with E-state index in [-0.39, 0.29) is 12.5 Å². The highest BCUT2D eigenvalue weighted by Crippen LogP contribution is 2.18. The van der Waals surface area contributed by atoms with E-state index in [1.54, 1.807) is 19.0 Å². The molecule has 0 saturated heterocycles. The second-order valence-electron chi connectivity index (χ2n) is 4.60. The van der Waals surface area contributed by atoms with E-state index in [1.807, 2.05) is 30.5 Å². The highest BCUT2D eigenvalue weighted by atomic mass is 16.3. The van der Waals surface area contributed by atoms with Gasteiger partial charge in [-0.2, -0.15) is 0 Å². The monoisotopic (exact) mass is 246 g/mol. The van der Waals surface area contributed by atoms with Gasteiger partial charge in [-0.05, 0) is 29.1 Å². The van der Waals surface area contributed by atoms with Gasteiger partial charge in [0.15, 0.2) is 0 Å². The van der Waals surface area contributed by atoms with E-state index in [0.717, 1.165) is 16.5 Å². The molecule has 1 amide bonds. The number of aliphatic hydroxyl groups is 1. The van der Waals surface area contributed by atoms with Crippen LogP contribution in [-0.4, -0.2) is 34.6 Å². The maximum absolute atomic E-state index is 11.6. The van der Waals surface area contributed by atoms with Gasteiger partial charge in [0.2, 0.25) is 5.91 Å². The molecule has 0 fully saturated rings. The predicted molar refractivity (Wildman–Crippen MR) is 71.2 cm³/mol. The Labute approximate surface area is 106 Å². The molecule has 4 nitrogen and oxygen atoms in total. The number of carbonyl (C=O) groups excluding carboxylic acids is 1. The first-order chi connectivity index (χ1) is 8.61. The summed E-state index contributed by atoms with van der Waals surface area (Å²) in [6.45, 7) is 0.735. The molecule has 1 heterocycles. The lowest BCUT2D eigenvalue weighted by atomic mass is 10.2. The smallest absolute Gasteiger partial charge is 0.223 e. The Morgan fingerprint density at radius 3 is 2.78 bits per heavy atom. The number of aromatic nitrogens is 1. The van der Waals surface area contributed by atoms with Crippen LogP contribution in [0.25, 0.3) is 10.9 Å². The SMILES string of the molecule is CN(C)C(=O)CCn1ccc2cc(CO)ccc21. The summed E-state index contributed by atoms with van der Waals surface area (Å²) in [6.07, 6.45) is 2.48. The quantitative estimate of drug-likeness (QED) is 0.891. The Morgan fingerprint density at radius 2 is 2.11 bits per heavy atom. The number of hydrogen-bond donors (Lipinski definition) is 1. The van der Waals surface area contributed by atoms with E-state index in [2.05, 4.69) is 4.57 Å². The first kappa shape index (κ1) is 12.6. The van der Waals surface area contributed by atoms with E-state index in [0.29, 0.717) is 13.0 Å². The second kappa shape index (κ2) is 5.23. The first-order valence-electron chi connectivity index (χ1n) is 6.00. The molecule has 0 saturated carbocycles. The van der Waals surface area contributed by atoms with Crippen molar-refractivity contribution in [3.8, 4) is 0 Å². The number of carbonyl (C=O) groups is 1. The molecule has 0 unspecified atom stereocenters. The van der Waals surface area contributed by atoms with E-state index in [9.17, 15) is 4.79 Å². The summed E-state index contributed by atoms with van der Waals surface area (Å²) in [7, 11) is 3.53. The van der Waals surface area contributed by atoms with Gasteiger partial charge in [-0.1, -0.05) is 6.07 Å². The van der Waals surface area contributed by atoms with Crippen molar-refractivity contribution in [2.75, 3.05) is 14.1 Å². The molecule has 0 atom stereocenters. The van der Waals surface area contributed by atoms with Crippen LogP contribution in [-0.2, 0) is 17.9 Å². The van der Waals surface area contributed by atoms with Crippen molar-refractivity contribution >= 4 is 16.8 Å². The standard InChI is InChI=1S/C14H18N2O2/c1-15(2)14(18)6-8-16-7-5-12-9-11(10-17)3-4-13(12)16/h3-5,7,9,17H,6,8,10H2,1-2H3. The van der Waals surface area contributed by atoms with E-state index < -0.39 is 0 Å². The number of nitrogens with zero attached hydrogens (tertiary/aromatic N) is 2. The Hall–Kier alpha value is -1.81. The van der Waals surface area contributed by atoms with Gasteiger partial charge in [0.1, 0.15) is 0 Å². The lowest BCUT2D eigenvalue weighted by molar-refractivity contribution is -0.128. The Morgan fingerprint density at radius 1 is 1.33 bits per heavy atom. The van der Waals surface area contributed by atoms with Crippen LogP contribution < -0.4 is 0 Å². The fourth-order valence-electron chi connectivity index (χ4n) is 1.98. The van der Waals surface area contributed by atoms with E-state index in [4.69, 9.17) is 5.11 Å². The zero-order chi connectivity index (χ0) is 13.1. The van der Waals surface area contributed by atoms with Crippen LogP contribution in [0.15, 0.2) is 30.5 Å². The summed E-state index contributed by atoms with van der Waals surface area (Å²) in [5.74, 6) is 0.129. The molecule has 1 aromatic carbocycles. The molecule has 2 aromatic rings. The number of aryl methyl sites for hydroxylation is 1. The molecule has 1 N–H and O–H groups in total. The molecule has 0 aliphatic rings. The second-order valence-corrected chi connectivity index (χ2v) is 4.60. The molecular weight excluding hydrogens is 228 g/mol. The molecule has 1 aromatic heterocycles. The third-order valence-corrected chi connectivity index (χ3v) is 3.08. The number of hydrogen-bond acceptors (Lipinski definition) is 2. The van der Waals surface area contributed by atoms with Crippen molar-refractivity contribution in [3.63, 3.8) is 0 Å². The average Bonchev–Trinajstić information content (AvgIpc) is 2.77. The van der Waals surface area contributed by atoms with Gasteiger partial charge in [0.05, 0.1) is 6.61 Å². The number of aliphatic hydroxyl groups excluding tert-OH is 1. The molecule has 0 bridgehead atoms. The Bertz CT molecular complexity index is 558. The van der Waals surface area contributed by atoms with Crippen molar-refractivity contribution in [1.29, 1.82) is 0 Å². The lowest BCUT2D eigenvalue weighted by Crippen LogP contribution is -2.22. The van der Waals surface area contributed by atoms with Gasteiger partial charge >= 0.3 is 0 Å². The molecule has 18 heavy (non-hydrogen) atoms. The van der Waals surface area contributed by atoms with Crippen molar-refractivity contribution in [1.82, 2.24) is 9.47 Å². The predicted octanol–water partition coefficient (Wildman–Crippen LogP) is 1.61. The van der Waals surface area contributed by atoms with Crippen LogP contribution in [0, 0.1) is 0 Å². The van der Waals surface area contributed by atoms with Crippen LogP contribution in [0.4, 0.5) is 0 Å². The van der Waals surface area contributed by atoms with Crippen LogP contribution in [0.2, 0.25) is 0 Å². The fraction of sp³-hybridized carbons (Fsp3) is 0.357. The summed E-state index contributed by atoms with van der Waals surface area (Å²) < 4.78 is 2.07. The first-order valence-corrected chi connectivity index (χ1v) is 6.00. The summed E-state index contributed by atoms with van der Waals surface area (Å²) in [5.41, 5.74) is 2.00. The van der Waals surface area contributed by atoms with Crippen molar-refractivity contribution in [2.24, 2.45) is 0 Å². The number of fused-ring (bicyclic) bond motifs is 1. The summed E-state index contributed by atoms with van der Waals surface area (Å²) in [5, 5.41) is 10.2. The lowest BCUT2D eigenvalue weighted by Gasteiger charge is -2.11. The van der Waals surface area contributed by atoms with Crippen molar-refractivity contribution in [3.05, 3.63) is 36.0 Å². The maximum atomic E-state index is 11.6. The van der Waals surface area contributed by atoms with Crippen molar-refractivity contribution < 1.29 is 9.90 Å². The molecule has 2 rings (SSSR count). The number of rotatable bonds is 4. The molecule has 0 aliphatic carbocycles. The van der Waals surface area contributed by atoms with E-state index in [1.165, 1.54) is 0 Å². The zero-order valence-electron chi connectivity index (χ0n) is 10.8. The molecule has 4 heteroatoms. The highest BCUT2D eigenvalue weighted by molar-refractivity contribution is 5.81. The van der Waals surface area contributed by atoms with Gasteiger partial charge in [-0.3, -0.25) is 4.79 Å². The van der Waals surface area contributed by atoms with Crippen LogP contribution in [0.5, 0.6) is 0 Å². The summed E-state index contributed by atoms with van der Waals surface area (Å²) in [4.78, 5) is 13.2. The van der Waals surface area contributed by atoms with Gasteiger partial charge in [-0.25, -0.2) is 0 Å². The van der Waals surface area contributed by atoms with Gasteiger partial charge in [0, 0.05) is 38.8 Å². The molecule has 0 spiro atoms. The van der Waals surface area contributed by atoms with Crippen LogP contribution >= 0.6 is 0 Å². The average molecular weight is 246 g/mol. The van der Waals surface area contributed by atoms with Gasteiger partial charge < -0.3 is 14.6 Å². The van der Waals surface area contributed by atoms with Crippen molar-refractivity contribution in [2.45, 2.75) is 19.6 Å². The minimum Gasteiger partial charge on any atom is -0.392 e. The fourth-order valence-corrected chi connectivity index (χ4v) is 1.98. The molecule has 0 aliphatic heterocycles. The molecule has 0 radical (unpaired) electrons. The number of benzene rings is 1. The maximum Gasteiger partial charge on any atom is 0.223 e. The van der Waals surface area contributed by atoms with Gasteiger partial charge in [-0.15, -0.1) is 0 Å². The largest absolute Gasteiger partial charge is 0.392 e. The number of amides is 1. The highest BCUT2D eigenvalue weighted by Gasteiger charge is 2.06. The summed E-state index contributed by atoms with van der Waals surface area (Å²) in [6, 6.07) is 7.88. The molecular formula is C14H18N2O2. The zero-order valence-corrected chi connectivity index (χ0v) is 10.8. The third kappa shape index (κ3) is 2.54. The normalized spacial score (nSPS) is 10.8. The van der Waals surface area contributed by atoms with Crippen LogP contribution in [0.1, 0.15) is 12.0 Å². The topological polar surface area (TPSA) is 45.5 Å². The van der Waals surface area contributed by atoms with E-state index >= 15 is 0 Å². The minimum absolute atomic E-state index is 0.0558. The van der Waals surface area contributed by atoms with Gasteiger partial charge in [0.25, 0.3) is 0 Å². The third-order valence-electron chi connectivity index (χ3n) is 3.08.